The van der Waals surface area contributed by atoms with Gasteiger partial charge < -0.3 is 0 Å². The first-order chi connectivity index (χ1) is 9.40. The van der Waals surface area contributed by atoms with Crippen LogP contribution in [-0.2, 0) is 16.1 Å². The Balaban J connectivity index is 2.18. The highest BCUT2D eigenvalue weighted by Crippen LogP contribution is 2.19. The third-order valence-electron chi connectivity index (χ3n) is 2.91. The second-order valence-corrected chi connectivity index (χ2v) is 5.55. The predicted octanol–water partition coefficient (Wildman–Crippen LogP) is 2.29. The van der Waals surface area contributed by atoms with Gasteiger partial charge in [0.05, 0.1) is 6.54 Å². The van der Waals surface area contributed by atoms with Crippen molar-refractivity contribution in [3.05, 3.63) is 34.9 Å². The molecular formula is C14H15ClN2O3. The van der Waals surface area contributed by atoms with Crippen molar-refractivity contribution < 1.29 is 14.4 Å². The summed E-state index contributed by atoms with van der Waals surface area (Å²) < 4.78 is 0. The lowest BCUT2D eigenvalue weighted by Gasteiger charge is -2.17. The molecule has 1 saturated heterocycles. The van der Waals surface area contributed by atoms with Crippen molar-refractivity contribution in [1.82, 2.24) is 9.80 Å². The molecule has 0 saturated carbocycles. The van der Waals surface area contributed by atoms with Crippen LogP contribution in [-0.4, -0.2) is 34.2 Å². The van der Waals surface area contributed by atoms with Crippen LogP contribution in [0.25, 0.3) is 0 Å². The number of hydrogen-bond donors (Lipinski definition) is 0. The fourth-order valence-corrected chi connectivity index (χ4v) is 2.25. The van der Waals surface area contributed by atoms with E-state index in [0.29, 0.717) is 10.6 Å². The van der Waals surface area contributed by atoms with E-state index in [0.717, 1.165) is 9.80 Å². The summed E-state index contributed by atoms with van der Waals surface area (Å²) in [6.45, 7) is 4.06. The number of carbonyl (C=O) groups is 3. The van der Waals surface area contributed by atoms with E-state index in [1.807, 2.05) is 13.8 Å². The van der Waals surface area contributed by atoms with E-state index >= 15 is 0 Å². The summed E-state index contributed by atoms with van der Waals surface area (Å²) >= 11 is 5.86. The Morgan fingerprint density at radius 3 is 2.35 bits per heavy atom. The molecule has 2 rings (SSSR count). The van der Waals surface area contributed by atoms with Crippen LogP contribution in [0, 0.1) is 5.92 Å². The molecule has 0 bridgehead atoms. The van der Waals surface area contributed by atoms with Gasteiger partial charge in [-0.3, -0.25) is 19.4 Å². The standard InChI is InChI=1S/C14H15ClN2O3/c1-9(2)7-16-12(18)13(19)17(14(16)20)8-10-4-3-5-11(15)6-10/h3-6,9H,7-8H2,1-2H3. The lowest BCUT2D eigenvalue weighted by molar-refractivity contribution is -0.143. The van der Waals surface area contributed by atoms with Crippen molar-refractivity contribution in [1.29, 1.82) is 0 Å². The summed E-state index contributed by atoms with van der Waals surface area (Å²) in [5.41, 5.74) is 0.707. The first-order valence-electron chi connectivity index (χ1n) is 6.32. The van der Waals surface area contributed by atoms with Crippen LogP contribution in [0.4, 0.5) is 4.79 Å². The van der Waals surface area contributed by atoms with E-state index < -0.39 is 17.8 Å². The van der Waals surface area contributed by atoms with Gasteiger partial charge >= 0.3 is 17.8 Å². The summed E-state index contributed by atoms with van der Waals surface area (Å²) in [5, 5.41) is 0.520. The number of hydrogen-bond acceptors (Lipinski definition) is 3. The van der Waals surface area contributed by atoms with Crippen LogP contribution < -0.4 is 0 Å². The summed E-state index contributed by atoms with van der Waals surface area (Å²) in [5.74, 6) is -1.43. The summed E-state index contributed by atoms with van der Waals surface area (Å²) in [7, 11) is 0. The van der Waals surface area contributed by atoms with E-state index in [4.69, 9.17) is 11.6 Å². The first kappa shape index (κ1) is 14.5. The van der Waals surface area contributed by atoms with E-state index in [1.165, 1.54) is 0 Å². The first-order valence-corrected chi connectivity index (χ1v) is 6.69. The van der Waals surface area contributed by atoms with Gasteiger partial charge in [-0.05, 0) is 23.6 Å². The molecular weight excluding hydrogens is 280 g/mol. The number of rotatable bonds is 4. The maximum absolute atomic E-state index is 12.1. The van der Waals surface area contributed by atoms with Gasteiger partial charge in [0.2, 0.25) is 0 Å². The van der Waals surface area contributed by atoms with Gasteiger partial charge in [-0.2, -0.15) is 0 Å². The highest BCUT2D eigenvalue weighted by atomic mass is 35.5. The molecule has 1 aliphatic heterocycles. The van der Waals surface area contributed by atoms with Crippen molar-refractivity contribution >= 4 is 29.4 Å². The number of amides is 4. The largest absolute Gasteiger partial charge is 0.334 e. The van der Waals surface area contributed by atoms with Crippen molar-refractivity contribution in [2.24, 2.45) is 5.92 Å². The fourth-order valence-electron chi connectivity index (χ4n) is 2.03. The molecule has 0 spiro atoms. The second kappa shape index (κ2) is 5.63. The van der Waals surface area contributed by atoms with Crippen LogP contribution in [0.1, 0.15) is 19.4 Å². The fraction of sp³-hybridized carbons (Fsp3) is 0.357. The highest BCUT2D eigenvalue weighted by molar-refractivity contribution is 6.44. The van der Waals surface area contributed by atoms with Crippen LogP contribution in [0.3, 0.4) is 0 Å². The number of urea groups is 1. The van der Waals surface area contributed by atoms with E-state index in [2.05, 4.69) is 0 Å². The Hall–Kier alpha value is -1.88. The average Bonchev–Trinajstić information content (AvgIpc) is 2.56. The minimum absolute atomic E-state index is 0.0541. The molecule has 0 unspecified atom stereocenters. The molecule has 1 aromatic rings. The lowest BCUT2D eigenvalue weighted by Crippen LogP contribution is -2.35. The topological polar surface area (TPSA) is 57.7 Å². The minimum atomic E-state index is -0.782. The zero-order valence-electron chi connectivity index (χ0n) is 11.3. The molecule has 5 nitrogen and oxygen atoms in total. The maximum Gasteiger partial charge on any atom is 0.334 e. The third-order valence-corrected chi connectivity index (χ3v) is 3.15. The molecule has 106 valence electrons. The van der Waals surface area contributed by atoms with Gasteiger partial charge in [0, 0.05) is 11.6 Å². The molecule has 6 heteroatoms. The predicted molar refractivity (Wildman–Crippen MR) is 73.9 cm³/mol. The SMILES string of the molecule is CC(C)CN1C(=O)C(=O)N(Cc2cccc(Cl)c2)C1=O. The van der Waals surface area contributed by atoms with Gasteiger partial charge in [-0.15, -0.1) is 0 Å². The summed E-state index contributed by atoms with van der Waals surface area (Å²) in [6.07, 6.45) is 0. The molecule has 0 aliphatic carbocycles. The quantitative estimate of drug-likeness (QED) is 0.632. The van der Waals surface area contributed by atoms with Crippen molar-refractivity contribution in [2.45, 2.75) is 20.4 Å². The Morgan fingerprint density at radius 2 is 1.75 bits per heavy atom. The highest BCUT2D eigenvalue weighted by Gasteiger charge is 2.44. The Bertz CT molecular complexity index is 571. The van der Waals surface area contributed by atoms with Crippen LogP contribution >= 0.6 is 11.6 Å². The van der Waals surface area contributed by atoms with Gasteiger partial charge in [0.1, 0.15) is 0 Å². The molecule has 20 heavy (non-hydrogen) atoms. The normalized spacial score (nSPS) is 15.7. The minimum Gasteiger partial charge on any atom is -0.263 e. The molecule has 1 aromatic carbocycles. The smallest absolute Gasteiger partial charge is 0.263 e. The summed E-state index contributed by atoms with van der Waals surface area (Å²) in [4.78, 5) is 37.8. The summed E-state index contributed by atoms with van der Waals surface area (Å²) in [6, 6.07) is 6.29. The molecule has 0 atom stereocenters. The second-order valence-electron chi connectivity index (χ2n) is 5.11. The number of imide groups is 2. The van der Waals surface area contributed by atoms with Crippen molar-refractivity contribution in [3.63, 3.8) is 0 Å². The third kappa shape index (κ3) is 2.82. The Labute approximate surface area is 122 Å². The number of halogens is 1. The zero-order valence-corrected chi connectivity index (χ0v) is 12.1. The van der Waals surface area contributed by atoms with Gasteiger partial charge in [0.25, 0.3) is 0 Å². The van der Waals surface area contributed by atoms with Crippen molar-refractivity contribution in [2.75, 3.05) is 6.54 Å². The monoisotopic (exact) mass is 294 g/mol. The molecule has 0 radical (unpaired) electrons. The van der Waals surface area contributed by atoms with Crippen LogP contribution in [0.15, 0.2) is 24.3 Å². The Morgan fingerprint density at radius 1 is 1.10 bits per heavy atom. The van der Waals surface area contributed by atoms with E-state index in [1.54, 1.807) is 24.3 Å². The molecule has 0 aromatic heterocycles. The molecule has 0 N–H and O–H groups in total. The average molecular weight is 295 g/mol. The van der Waals surface area contributed by atoms with Gasteiger partial charge in [-0.25, -0.2) is 4.79 Å². The zero-order chi connectivity index (χ0) is 14.9. The number of nitrogens with zero attached hydrogens (tertiary/aromatic N) is 2. The van der Waals surface area contributed by atoms with Crippen LogP contribution in [0.5, 0.6) is 0 Å². The van der Waals surface area contributed by atoms with Crippen LogP contribution in [0.2, 0.25) is 5.02 Å². The molecule has 1 fully saturated rings. The molecule has 1 aliphatic rings. The van der Waals surface area contributed by atoms with E-state index in [9.17, 15) is 14.4 Å². The number of carbonyl (C=O) groups excluding carboxylic acids is 3. The number of benzene rings is 1. The lowest BCUT2D eigenvalue weighted by atomic mass is 10.2. The van der Waals surface area contributed by atoms with E-state index in [-0.39, 0.29) is 19.0 Å². The van der Waals surface area contributed by atoms with Crippen molar-refractivity contribution in [3.8, 4) is 0 Å². The maximum atomic E-state index is 12.1. The van der Waals surface area contributed by atoms with Gasteiger partial charge in [-0.1, -0.05) is 37.6 Å². The van der Waals surface area contributed by atoms with Gasteiger partial charge in [0.15, 0.2) is 0 Å². The molecule has 1 heterocycles. The molecule has 4 amide bonds. The Kier molecular flexibility index (Phi) is 4.09.